The molecule has 30 heavy (non-hydrogen) atoms. The van der Waals surface area contributed by atoms with E-state index in [1.54, 1.807) is 13.0 Å². The Bertz CT molecular complexity index is 946. The van der Waals surface area contributed by atoms with Crippen molar-refractivity contribution in [3.05, 3.63) is 86.7 Å². The van der Waals surface area contributed by atoms with Gasteiger partial charge in [0.05, 0.1) is 22.5 Å². The molecule has 0 radical (unpaired) electrons. The van der Waals surface area contributed by atoms with Gasteiger partial charge in [0.2, 0.25) is 0 Å². The third kappa shape index (κ3) is 5.71. The number of allylic oxidation sites excluding steroid dienone is 5. The minimum absolute atomic E-state index is 0.0487. The molecule has 1 heterocycles. The number of nitrogens with zero attached hydrogens (tertiary/aromatic N) is 3. The van der Waals surface area contributed by atoms with E-state index < -0.39 is 10.7 Å². The fraction of sp³-hybridized carbons (Fsp3) is 0.238. The Morgan fingerprint density at radius 3 is 2.60 bits per heavy atom. The fourth-order valence-corrected chi connectivity index (χ4v) is 2.97. The van der Waals surface area contributed by atoms with E-state index in [-0.39, 0.29) is 12.3 Å². The van der Waals surface area contributed by atoms with E-state index in [2.05, 4.69) is 10.4 Å². The maximum Gasteiger partial charge on any atom is 0.269 e. The third-order valence-corrected chi connectivity index (χ3v) is 4.18. The van der Waals surface area contributed by atoms with Crippen molar-refractivity contribution in [3.63, 3.8) is 0 Å². The Morgan fingerprint density at radius 2 is 2.00 bits per heavy atom. The number of halogens is 1. The number of hydrogen-bond acceptors (Lipinski definition) is 7. The van der Waals surface area contributed by atoms with Gasteiger partial charge in [0.25, 0.3) is 5.70 Å². The second-order valence-electron chi connectivity index (χ2n) is 6.37. The number of aldehydes is 1. The number of nitrogens with one attached hydrogen (secondary N) is 1. The highest BCUT2D eigenvalue weighted by Gasteiger charge is 2.25. The van der Waals surface area contributed by atoms with Gasteiger partial charge >= 0.3 is 0 Å². The number of hydrazone groups is 1. The number of fused-ring (bicyclic) bond motifs is 2. The molecule has 8 nitrogen and oxygen atoms in total. The van der Waals surface area contributed by atoms with Crippen LogP contribution in [-0.4, -0.2) is 35.7 Å². The molecule has 0 saturated heterocycles. The predicted molar refractivity (Wildman–Crippen MR) is 113 cm³/mol. The first-order chi connectivity index (χ1) is 14.4. The zero-order valence-corrected chi connectivity index (χ0v) is 16.7. The van der Waals surface area contributed by atoms with Gasteiger partial charge in [0.15, 0.2) is 6.29 Å². The maximum absolute atomic E-state index is 13.3. The quantitative estimate of drug-likeness (QED) is 0.332. The summed E-state index contributed by atoms with van der Waals surface area (Å²) in [5.74, 6) is -0.399. The van der Waals surface area contributed by atoms with Crippen molar-refractivity contribution in [2.45, 2.75) is 20.3 Å². The van der Waals surface area contributed by atoms with Crippen LogP contribution < -0.4 is 10.3 Å². The molecule has 3 rings (SSSR count). The molecule has 0 saturated carbocycles. The fourth-order valence-electron chi connectivity index (χ4n) is 2.97. The molecule has 1 aromatic rings. The first-order valence-corrected chi connectivity index (χ1v) is 9.25. The lowest BCUT2D eigenvalue weighted by Gasteiger charge is -2.25. The lowest BCUT2D eigenvalue weighted by atomic mass is 10.0. The van der Waals surface area contributed by atoms with Crippen LogP contribution in [0.2, 0.25) is 0 Å². The van der Waals surface area contributed by atoms with Crippen LogP contribution in [0.1, 0.15) is 20.3 Å². The Kier molecular flexibility index (Phi) is 8.18. The largest absolute Gasteiger partial charge is 0.397 e. The molecule has 0 aromatic heterocycles. The Hall–Kier alpha value is -3.59. The van der Waals surface area contributed by atoms with E-state index in [1.807, 2.05) is 6.92 Å². The molecule has 0 spiro atoms. The second-order valence-corrected chi connectivity index (χ2v) is 6.37. The van der Waals surface area contributed by atoms with Gasteiger partial charge in [-0.1, -0.05) is 0 Å². The molecular weight excluding hydrogens is 391 g/mol. The lowest BCUT2D eigenvalue weighted by molar-refractivity contribution is -0.419. The number of benzene rings is 1. The molecule has 2 aliphatic rings. The molecule has 1 aliphatic heterocycles. The third-order valence-electron chi connectivity index (χ3n) is 4.18. The molecule has 0 fully saturated rings. The van der Waals surface area contributed by atoms with Crippen LogP contribution in [0.4, 0.5) is 10.1 Å². The van der Waals surface area contributed by atoms with Gasteiger partial charge in [0, 0.05) is 37.4 Å². The van der Waals surface area contributed by atoms with Gasteiger partial charge in [-0.05, 0) is 55.3 Å². The minimum atomic E-state index is -0.453. The van der Waals surface area contributed by atoms with Crippen molar-refractivity contribution in [1.29, 1.82) is 0 Å². The standard InChI is InChI=1S/C19H17FN4O3.C2H6O/c1-13-12-21-16-4-7-18(24(26)27)11-14(10-16)19(13)23(22-8-9-25)17-5-2-15(20)3-6-17;1-2-3/h2-9,11,21H,10,12H2,1H3;3H,2H2,1H3/b22-8+;. The highest BCUT2D eigenvalue weighted by molar-refractivity contribution is 6.13. The van der Waals surface area contributed by atoms with Crippen molar-refractivity contribution < 1.29 is 19.2 Å². The normalized spacial score (nSPS) is 15.5. The molecule has 0 unspecified atom stereocenters. The van der Waals surface area contributed by atoms with Crippen LogP contribution in [0, 0.1) is 15.9 Å². The first kappa shape index (κ1) is 22.7. The van der Waals surface area contributed by atoms with Gasteiger partial charge < -0.3 is 10.4 Å². The summed E-state index contributed by atoms with van der Waals surface area (Å²) >= 11 is 0. The molecule has 2 N–H and O–H groups in total. The summed E-state index contributed by atoms with van der Waals surface area (Å²) in [6.07, 6.45) is 6.70. The highest BCUT2D eigenvalue weighted by Crippen LogP contribution is 2.33. The smallest absolute Gasteiger partial charge is 0.269 e. The van der Waals surface area contributed by atoms with E-state index in [0.717, 1.165) is 17.5 Å². The molecule has 1 aromatic carbocycles. The van der Waals surface area contributed by atoms with Crippen LogP contribution >= 0.6 is 0 Å². The molecule has 0 amide bonds. The number of rotatable bonds is 5. The first-order valence-electron chi connectivity index (χ1n) is 9.25. The van der Waals surface area contributed by atoms with Gasteiger partial charge in [0.1, 0.15) is 5.82 Å². The summed E-state index contributed by atoms with van der Waals surface area (Å²) in [4.78, 5) is 21.7. The monoisotopic (exact) mass is 414 g/mol. The van der Waals surface area contributed by atoms with Crippen LogP contribution in [0.5, 0.6) is 0 Å². The summed E-state index contributed by atoms with van der Waals surface area (Å²) < 4.78 is 13.3. The number of hydrogen-bond donors (Lipinski definition) is 2. The molecule has 9 heteroatoms. The van der Waals surface area contributed by atoms with Gasteiger partial charge in [-0.3, -0.25) is 14.9 Å². The summed E-state index contributed by atoms with van der Waals surface area (Å²) in [6.45, 7) is 4.32. The molecular formula is C21H23FN4O4. The van der Waals surface area contributed by atoms with Gasteiger partial charge in [-0.15, -0.1) is 0 Å². The number of carbonyl (C=O) groups is 1. The lowest BCUT2D eigenvalue weighted by Crippen LogP contribution is -2.21. The van der Waals surface area contributed by atoms with E-state index in [0.29, 0.717) is 36.2 Å². The predicted octanol–water partition coefficient (Wildman–Crippen LogP) is 3.07. The van der Waals surface area contributed by atoms with Crippen molar-refractivity contribution in [2.24, 2.45) is 5.10 Å². The highest BCUT2D eigenvalue weighted by atomic mass is 19.1. The van der Waals surface area contributed by atoms with E-state index in [4.69, 9.17) is 5.11 Å². The summed E-state index contributed by atoms with van der Waals surface area (Å²) in [6, 6.07) is 5.65. The molecule has 158 valence electrons. The minimum Gasteiger partial charge on any atom is -0.397 e. The Morgan fingerprint density at radius 1 is 1.33 bits per heavy atom. The van der Waals surface area contributed by atoms with Gasteiger partial charge in [-0.25, -0.2) is 9.40 Å². The Balaban J connectivity index is 0.00000101. The number of anilines is 1. The SMILES string of the molecule is CC1=C(N(/N=C/C=O)c2ccc(F)cc2)C2=CC([N+](=O)[O-])=CC=C(C2)NC1.CCO. The Labute approximate surface area is 173 Å². The zero-order chi connectivity index (χ0) is 22.1. The topological polar surface area (TPSA) is 108 Å². The molecule has 2 bridgehead atoms. The second kappa shape index (κ2) is 10.8. The summed E-state index contributed by atoms with van der Waals surface area (Å²) in [7, 11) is 0. The maximum atomic E-state index is 13.3. The number of carbonyl (C=O) groups excluding carboxylic acids is 1. The number of aliphatic hydroxyl groups excluding tert-OH is 1. The average Bonchev–Trinajstić information content (AvgIpc) is 3.02. The van der Waals surface area contributed by atoms with E-state index in [1.165, 1.54) is 41.4 Å². The van der Waals surface area contributed by atoms with Gasteiger partial charge in [-0.2, -0.15) is 5.10 Å². The van der Waals surface area contributed by atoms with Crippen molar-refractivity contribution in [1.82, 2.24) is 5.32 Å². The van der Waals surface area contributed by atoms with Crippen molar-refractivity contribution in [2.75, 3.05) is 18.2 Å². The van der Waals surface area contributed by atoms with E-state index >= 15 is 0 Å². The summed E-state index contributed by atoms with van der Waals surface area (Å²) in [5, 5.41) is 27.8. The number of aliphatic hydroxyl groups is 1. The molecule has 0 atom stereocenters. The molecule has 1 aliphatic carbocycles. The average molecular weight is 414 g/mol. The van der Waals surface area contributed by atoms with Crippen molar-refractivity contribution in [3.8, 4) is 0 Å². The van der Waals surface area contributed by atoms with Crippen LogP contribution in [0.3, 0.4) is 0 Å². The number of nitro groups is 1. The zero-order valence-electron chi connectivity index (χ0n) is 16.7. The van der Waals surface area contributed by atoms with Crippen LogP contribution in [0.25, 0.3) is 0 Å². The summed E-state index contributed by atoms with van der Waals surface area (Å²) in [5.41, 5.74) is 3.51. The van der Waals surface area contributed by atoms with Crippen molar-refractivity contribution >= 4 is 18.2 Å². The van der Waals surface area contributed by atoms with E-state index in [9.17, 15) is 19.3 Å². The van der Waals surface area contributed by atoms with Crippen LogP contribution in [-0.2, 0) is 4.79 Å². The van der Waals surface area contributed by atoms with Crippen LogP contribution in [0.15, 0.2) is 75.8 Å².